The summed E-state index contributed by atoms with van der Waals surface area (Å²) in [7, 11) is 1.33. The molecule has 0 unspecified atom stereocenters. The van der Waals surface area contributed by atoms with Crippen LogP contribution in [0.4, 0.5) is 0 Å². The van der Waals surface area contributed by atoms with E-state index in [9.17, 15) is 9.59 Å². The van der Waals surface area contributed by atoms with Gasteiger partial charge in [-0.2, -0.15) is 0 Å². The van der Waals surface area contributed by atoms with Gasteiger partial charge in [-0.25, -0.2) is 9.79 Å². The molecule has 3 rings (SSSR count). The van der Waals surface area contributed by atoms with Crippen LogP contribution in [-0.4, -0.2) is 47.5 Å². The molecular formula is C21H26N2O5S. The van der Waals surface area contributed by atoms with Gasteiger partial charge in [-0.3, -0.25) is 9.69 Å². The van der Waals surface area contributed by atoms with Gasteiger partial charge in [0.25, 0.3) is 0 Å². The van der Waals surface area contributed by atoms with Gasteiger partial charge in [0.1, 0.15) is 0 Å². The normalized spacial score (nSPS) is 21.1. The zero-order valence-corrected chi connectivity index (χ0v) is 18.2. The van der Waals surface area contributed by atoms with Gasteiger partial charge >= 0.3 is 5.97 Å². The molecule has 1 aromatic carbocycles. The number of rotatable bonds is 7. The van der Waals surface area contributed by atoms with Crippen molar-refractivity contribution in [2.45, 2.75) is 45.4 Å². The molecule has 2 aliphatic rings. The minimum Gasteiger partial charge on any atom is -0.490 e. The molecular weight excluding hydrogens is 392 g/mol. The Morgan fingerprint density at radius 2 is 1.86 bits per heavy atom. The van der Waals surface area contributed by atoms with Crippen LogP contribution in [0.1, 0.15) is 45.7 Å². The molecule has 7 nitrogen and oxygen atoms in total. The van der Waals surface area contributed by atoms with Gasteiger partial charge in [-0.1, -0.05) is 24.8 Å². The van der Waals surface area contributed by atoms with E-state index in [-0.39, 0.29) is 11.2 Å². The summed E-state index contributed by atoms with van der Waals surface area (Å²) in [6.07, 6.45) is 0.686. The number of esters is 1. The van der Waals surface area contributed by atoms with Crippen molar-refractivity contribution in [3.63, 3.8) is 0 Å². The van der Waals surface area contributed by atoms with Crippen LogP contribution in [0.15, 0.2) is 34.5 Å². The highest BCUT2D eigenvalue weighted by molar-refractivity contribution is 8.15. The fourth-order valence-electron chi connectivity index (χ4n) is 3.51. The first kappa shape index (κ1) is 21.2. The number of amides is 1. The lowest BCUT2D eigenvalue weighted by atomic mass is 9.94. The largest absolute Gasteiger partial charge is 0.490 e. The fraction of sp³-hybridized carbons (Fsp3) is 0.476. The highest BCUT2D eigenvalue weighted by atomic mass is 32.2. The first-order chi connectivity index (χ1) is 14.0. The van der Waals surface area contributed by atoms with Gasteiger partial charge in [0.15, 0.2) is 16.7 Å². The number of methoxy groups -OCH3 is 1. The van der Waals surface area contributed by atoms with Gasteiger partial charge in [0.2, 0.25) is 5.91 Å². The number of hydrogen-bond donors (Lipinski definition) is 0. The Balaban J connectivity index is 2.15. The van der Waals surface area contributed by atoms with E-state index < -0.39 is 12.0 Å². The first-order valence-electron chi connectivity index (χ1n) is 9.73. The Labute approximate surface area is 175 Å². The Bertz CT molecular complexity index is 880. The van der Waals surface area contributed by atoms with E-state index in [1.807, 2.05) is 39.0 Å². The molecule has 0 radical (unpaired) electrons. The van der Waals surface area contributed by atoms with E-state index in [1.165, 1.54) is 18.9 Å². The summed E-state index contributed by atoms with van der Waals surface area (Å²) >= 11 is 1.44. The quantitative estimate of drug-likeness (QED) is 0.629. The average molecular weight is 419 g/mol. The van der Waals surface area contributed by atoms with Crippen LogP contribution in [0.25, 0.3) is 0 Å². The second kappa shape index (κ2) is 8.90. The first-order valence-corrected chi connectivity index (χ1v) is 10.6. The van der Waals surface area contributed by atoms with Crippen molar-refractivity contribution in [2.24, 2.45) is 4.99 Å². The van der Waals surface area contributed by atoms with Gasteiger partial charge in [-0.05, 0) is 44.9 Å². The van der Waals surface area contributed by atoms with Crippen molar-refractivity contribution in [3.05, 3.63) is 35.0 Å². The average Bonchev–Trinajstić information content (AvgIpc) is 3.03. The Hall–Kier alpha value is -2.48. The van der Waals surface area contributed by atoms with E-state index in [1.54, 1.807) is 11.8 Å². The molecule has 1 amide bonds. The van der Waals surface area contributed by atoms with Crippen LogP contribution in [0.2, 0.25) is 0 Å². The summed E-state index contributed by atoms with van der Waals surface area (Å²) in [6.45, 7) is 8.51. The number of carbonyl (C=O) groups excluding carboxylic acids is 2. The van der Waals surface area contributed by atoms with Crippen LogP contribution in [0, 0.1) is 0 Å². The molecule has 0 aliphatic carbocycles. The van der Waals surface area contributed by atoms with Crippen LogP contribution < -0.4 is 9.47 Å². The maximum absolute atomic E-state index is 13.1. The fourth-order valence-corrected chi connectivity index (χ4v) is 4.65. The molecule has 2 heterocycles. The highest BCUT2D eigenvalue weighted by Crippen LogP contribution is 2.45. The molecule has 2 atom stereocenters. The number of aliphatic imine (C=N–C) groups is 1. The molecule has 8 heteroatoms. The highest BCUT2D eigenvalue weighted by Gasteiger charge is 2.47. The number of ether oxygens (including phenoxy) is 3. The standard InChI is InChI=1S/C21H26N2O5S/c1-6-16-19(24)23-18(17(20(25)26-5)12(4)22-21(23)29-16)13-9-10-14(27-7-2)15(11-13)28-8-3/h9-11,16,18H,6-8H2,1-5H3/t16-,18+/m1/s1. The van der Waals surface area contributed by atoms with Gasteiger partial charge in [0.05, 0.1) is 42.9 Å². The van der Waals surface area contributed by atoms with E-state index in [4.69, 9.17) is 14.2 Å². The third kappa shape index (κ3) is 3.85. The minimum atomic E-state index is -0.624. The lowest BCUT2D eigenvalue weighted by molar-refractivity contribution is -0.137. The lowest BCUT2D eigenvalue weighted by Crippen LogP contribution is -2.40. The monoisotopic (exact) mass is 418 g/mol. The Morgan fingerprint density at radius 1 is 1.17 bits per heavy atom. The summed E-state index contributed by atoms with van der Waals surface area (Å²) in [5.74, 6) is 0.641. The number of nitrogens with zero attached hydrogens (tertiary/aromatic N) is 2. The van der Waals surface area contributed by atoms with Gasteiger partial charge < -0.3 is 14.2 Å². The predicted octanol–water partition coefficient (Wildman–Crippen LogP) is 3.70. The van der Waals surface area contributed by atoms with E-state index in [2.05, 4.69) is 4.99 Å². The van der Waals surface area contributed by atoms with Crippen LogP contribution in [-0.2, 0) is 14.3 Å². The third-order valence-electron chi connectivity index (χ3n) is 4.81. The number of amidine groups is 1. The molecule has 1 aromatic rings. The number of allylic oxidation sites excluding steroid dienone is 1. The van der Waals surface area contributed by atoms with Crippen LogP contribution >= 0.6 is 11.8 Å². The van der Waals surface area contributed by atoms with Crippen molar-refractivity contribution < 1.29 is 23.8 Å². The van der Waals surface area contributed by atoms with Gasteiger partial charge in [-0.15, -0.1) is 0 Å². The molecule has 0 saturated carbocycles. The second-order valence-corrected chi connectivity index (χ2v) is 7.75. The predicted molar refractivity (Wildman–Crippen MR) is 112 cm³/mol. The number of fused-ring (bicyclic) bond motifs is 1. The maximum atomic E-state index is 13.1. The van der Waals surface area contributed by atoms with Crippen molar-refractivity contribution in [1.29, 1.82) is 0 Å². The minimum absolute atomic E-state index is 0.0537. The number of benzene rings is 1. The van der Waals surface area contributed by atoms with E-state index in [0.29, 0.717) is 47.6 Å². The molecule has 2 aliphatic heterocycles. The molecule has 1 fully saturated rings. The van der Waals surface area contributed by atoms with Crippen molar-refractivity contribution in [1.82, 2.24) is 4.90 Å². The lowest BCUT2D eigenvalue weighted by Gasteiger charge is -2.33. The smallest absolute Gasteiger partial charge is 0.338 e. The second-order valence-electron chi connectivity index (χ2n) is 6.58. The summed E-state index contributed by atoms with van der Waals surface area (Å²) in [5, 5.41) is 0.402. The molecule has 156 valence electrons. The van der Waals surface area contributed by atoms with Crippen molar-refractivity contribution in [2.75, 3.05) is 20.3 Å². The molecule has 29 heavy (non-hydrogen) atoms. The topological polar surface area (TPSA) is 77.4 Å². The number of thioether (sulfide) groups is 1. The summed E-state index contributed by atoms with van der Waals surface area (Å²) in [6, 6.07) is 4.87. The van der Waals surface area contributed by atoms with Crippen LogP contribution in [0.3, 0.4) is 0 Å². The molecule has 0 N–H and O–H groups in total. The Kier molecular flexibility index (Phi) is 6.52. The van der Waals surface area contributed by atoms with Crippen molar-refractivity contribution in [3.8, 4) is 11.5 Å². The number of hydrogen-bond acceptors (Lipinski definition) is 7. The van der Waals surface area contributed by atoms with Gasteiger partial charge in [0, 0.05) is 0 Å². The third-order valence-corrected chi connectivity index (χ3v) is 6.13. The summed E-state index contributed by atoms with van der Waals surface area (Å²) < 4.78 is 16.4. The zero-order chi connectivity index (χ0) is 21.1. The molecule has 0 spiro atoms. The number of carbonyl (C=O) groups is 2. The summed E-state index contributed by atoms with van der Waals surface area (Å²) in [5.41, 5.74) is 1.65. The molecule has 1 saturated heterocycles. The summed E-state index contributed by atoms with van der Waals surface area (Å²) in [4.78, 5) is 31.9. The van der Waals surface area contributed by atoms with E-state index in [0.717, 1.165) is 5.56 Å². The maximum Gasteiger partial charge on any atom is 0.338 e. The molecule has 0 aromatic heterocycles. The van der Waals surface area contributed by atoms with E-state index >= 15 is 0 Å². The molecule has 0 bridgehead atoms. The van der Waals surface area contributed by atoms with Crippen molar-refractivity contribution >= 4 is 28.8 Å². The zero-order valence-electron chi connectivity index (χ0n) is 17.4. The van der Waals surface area contributed by atoms with Crippen LogP contribution in [0.5, 0.6) is 11.5 Å². The Morgan fingerprint density at radius 3 is 2.48 bits per heavy atom. The SMILES string of the molecule is CCOc1ccc([C@H]2C(C(=O)OC)=C(C)N=C3S[C@H](CC)C(=O)N32)cc1OCC.